The molecule has 0 unspecified atom stereocenters. The first-order valence-electron chi connectivity index (χ1n) is 4.81. The van der Waals surface area contributed by atoms with E-state index in [2.05, 4.69) is 21.9 Å². The van der Waals surface area contributed by atoms with Crippen LogP contribution in [0, 0.1) is 0 Å². The van der Waals surface area contributed by atoms with Gasteiger partial charge in [0.2, 0.25) is 0 Å². The average molecular weight is 223 g/mol. The summed E-state index contributed by atoms with van der Waals surface area (Å²) >= 11 is 5.68. The molecule has 4 nitrogen and oxygen atoms in total. The Morgan fingerprint density at radius 2 is 2.13 bits per heavy atom. The third-order valence-electron chi connectivity index (χ3n) is 2.04. The van der Waals surface area contributed by atoms with E-state index in [1.807, 2.05) is 10.8 Å². The monoisotopic (exact) mass is 222 g/mol. The summed E-state index contributed by atoms with van der Waals surface area (Å²) in [7, 11) is 0. The lowest BCUT2D eigenvalue weighted by atomic mass is 10.3. The van der Waals surface area contributed by atoms with E-state index in [-0.39, 0.29) is 0 Å². The van der Waals surface area contributed by atoms with Crippen molar-refractivity contribution in [3.05, 3.63) is 35.8 Å². The lowest BCUT2D eigenvalue weighted by molar-refractivity contribution is 0.795. The molecule has 2 aromatic rings. The zero-order valence-electron chi connectivity index (χ0n) is 8.39. The number of hydrogen-bond donors (Lipinski definition) is 0. The van der Waals surface area contributed by atoms with Crippen molar-refractivity contribution in [1.82, 2.24) is 19.5 Å². The lowest BCUT2D eigenvalue weighted by Gasteiger charge is -2.04. The first-order valence-corrected chi connectivity index (χ1v) is 5.19. The third-order valence-corrected chi connectivity index (χ3v) is 2.24. The van der Waals surface area contributed by atoms with Crippen molar-refractivity contribution in [3.63, 3.8) is 0 Å². The molecule has 0 saturated carbocycles. The number of nitrogens with zero attached hydrogens (tertiary/aromatic N) is 4. The molecule has 15 heavy (non-hydrogen) atoms. The van der Waals surface area contributed by atoms with Gasteiger partial charge in [-0.2, -0.15) is 0 Å². The topological polar surface area (TPSA) is 43.6 Å². The highest BCUT2D eigenvalue weighted by Crippen LogP contribution is 2.10. The van der Waals surface area contributed by atoms with Crippen molar-refractivity contribution >= 4 is 11.6 Å². The number of imidazole rings is 1. The Morgan fingerprint density at radius 1 is 1.27 bits per heavy atom. The van der Waals surface area contributed by atoms with Crippen molar-refractivity contribution in [2.75, 3.05) is 0 Å². The Bertz CT molecular complexity index is 435. The molecule has 0 atom stereocenters. The van der Waals surface area contributed by atoms with E-state index >= 15 is 0 Å². The number of hydrogen-bond acceptors (Lipinski definition) is 3. The highest BCUT2D eigenvalue weighted by atomic mass is 35.5. The highest BCUT2D eigenvalue weighted by molar-refractivity contribution is 6.29. The molecule has 2 aromatic heterocycles. The summed E-state index contributed by atoms with van der Waals surface area (Å²) in [6.07, 6.45) is 8.80. The van der Waals surface area contributed by atoms with Crippen molar-refractivity contribution < 1.29 is 0 Å². The minimum absolute atomic E-state index is 0.399. The van der Waals surface area contributed by atoms with E-state index in [9.17, 15) is 0 Å². The van der Waals surface area contributed by atoms with Gasteiger partial charge in [-0.3, -0.25) is 4.57 Å². The zero-order valence-corrected chi connectivity index (χ0v) is 9.15. The first-order chi connectivity index (χ1) is 7.31. The molecular weight excluding hydrogens is 212 g/mol. The van der Waals surface area contributed by atoms with Crippen LogP contribution in [0.1, 0.15) is 19.2 Å². The van der Waals surface area contributed by atoms with Crippen LogP contribution in [0.5, 0.6) is 0 Å². The molecule has 0 saturated heterocycles. The maximum atomic E-state index is 5.68. The summed E-state index contributed by atoms with van der Waals surface area (Å²) in [6, 6.07) is 0. The standard InChI is InChI=1S/C10H11ClN4/c1-2-3-9-12-4-5-15(9)10-7-13-8(11)6-14-10/h4-7H,2-3H2,1H3. The lowest BCUT2D eigenvalue weighted by Crippen LogP contribution is -2.02. The molecule has 2 rings (SSSR count). The number of rotatable bonds is 3. The average Bonchev–Trinajstić information content (AvgIpc) is 2.68. The molecule has 0 amide bonds. The molecule has 0 aliphatic heterocycles. The molecule has 2 heterocycles. The fourth-order valence-electron chi connectivity index (χ4n) is 1.38. The van der Waals surface area contributed by atoms with Crippen LogP contribution in [0.25, 0.3) is 5.82 Å². The predicted octanol–water partition coefficient (Wildman–Crippen LogP) is 2.27. The smallest absolute Gasteiger partial charge is 0.156 e. The van der Waals surface area contributed by atoms with Crippen molar-refractivity contribution in [3.8, 4) is 5.82 Å². The van der Waals surface area contributed by atoms with E-state index < -0.39 is 0 Å². The highest BCUT2D eigenvalue weighted by Gasteiger charge is 2.04. The van der Waals surface area contributed by atoms with Crippen LogP contribution in [-0.4, -0.2) is 19.5 Å². The Labute approximate surface area is 93.0 Å². The van der Waals surface area contributed by atoms with E-state index in [1.54, 1.807) is 12.4 Å². The summed E-state index contributed by atoms with van der Waals surface area (Å²) in [5, 5.41) is 0.399. The van der Waals surface area contributed by atoms with Gasteiger partial charge >= 0.3 is 0 Å². The molecule has 0 N–H and O–H groups in total. The van der Waals surface area contributed by atoms with E-state index in [1.165, 1.54) is 6.20 Å². The summed E-state index contributed by atoms with van der Waals surface area (Å²) in [4.78, 5) is 12.4. The van der Waals surface area contributed by atoms with Gasteiger partial charge in [0, 0.05) is 18.8 Å². The largest absolute Gasteiger partial charge is 0.287 e. The zero-order chi connectivity index (χ0) is 10.7. The van der Waals surface area contributed by atoms with Gasteiger partial charge in [-0.05, 0) is 6.42 Å². The summed E-state index contributed by atoms with van der Waals surface area (Å²) in [6.45, 7) is 2.12. The molecular formula is C10H11ClN4. The fourth-order valence-corrected chi connectivity index (χ4v) is 1.48. The molecule has 0 aliphatic rings. The second kappa shape index (κ2) is 4.40. The molecule has 78 valence electrons. The van der Waals surface area contributed by atoms with Gasteiger partial charge in [-0.15, -0.1) is 0 Å². The maximum absolute atomic E-state index is 5.68. The van der Waals surface area contributed by atoms with Gasteiger partial charge < -0.3 is 0 Å². The van der Waals surface area contributed by atoms with Gasteiger partial charge in [0.05, 0.1) is 12.4 Å². The molecule has 0 spiro atoms. The van der Waals surface area contributed by atoms with Crippen LogP contribution >= 0.6 is 11.6 Å². The van der Waals surface area contributed by atoms with Gasteiger partial charge in [-0.25, -0.2) is 15.0 Å². The Hall–Kier alpha value is -1.42. The van der Waals surface area contributed by atoms with Gasteiger partial charge in [-0.1, -0.05) is 18.5 Å². The van der Waals surface area contributed by atoms with E-state index in [0.29, 0.717) is 5.15 Å². The summed E-state index contributed by atoms with van der Waals surface area (Å²) in [5.74, 6) is 1.74. The Morgan fingerprint density at radius 3 is 2.80 bits per heavy atom. The molecule has 0 fully saturated rings. The predicted molar refractivity (Wildman–Crippen MR) is 58.2 cm³/mol. The van der Waals surface area contributed by atoms with Crippen LogP contribution in [-0.2, 0) is 6.42 Å². The molecule has 0 radical (unpaired) electrons. The fraction of sp³-hybridized carbons (Fsp3) is 0.300. The molecule has 5 heteroatoms. The van der Waals surface area contributed by atoms with Crippen molar-refractivity contribution in [2.45, 2.75) is 19.8 Å². The maximum Gasteiger partial charge on any atom is 0.156 e. The minimum atomic E-state index is 0.399. The van der Waals surface area contributed by atoms with E-state index in [4.69, 9.17) is 11.6 Å². The van der Waals surface area contributed by atoms with Crippen LogP contribution < -0.4 is 0 Å². The van der Waals surface area contributed by atoms with Gasteiger partial charge in [0.1, 0.15) is 11.0 Å². The first kappa shape index (κ1) is 10.1. The third kappa shape index (κ3) is 2.15. The second-order valence-electron chi connectivity index (χ2n) is 3.16. The molecule has 0 aromatic carbocycles. The quantitative estimate of drug-likeness (QED) is 0.800. The second-order valence-corrected chi connectivity index (χ2v) is 3.55. The SMILES string of the molecule is CCCc1nccn1-c1cnc(Cl)cn1. The van der Waals surface area contributed by atoms with E-state index in [0.717, 1.165) is 24.5 Å². The number of aromatic nitrogens is 4. The summed E-state index contributed by atoms with van der Waals surface area (Å²) < 4.78 is 1.92. The van der Waals surface area contributed by atoms with Gasteiger partial charge in [0.25, 0.3) is 0 Å². The molecule has 0 bridgehead atoms. The number of halogens is 1. The Balaban J connectivity index is 2.36. The normalized spacial score (nSPS) is 10.5. The molecule has 0 aliphatic carbocycles. The van der Waals surface area contributed by atoms with Crippen LogP contribution in [0.15, 0.2) is 24.8 Å². The number of aryl methyl sites for hydroxylation is 1. The van der Waals surface area contributed by atoms with Gasteiger partial charge in [0.15, 0.2) is 5.82 Å². The van der Waals surface area contributed by atoms with Crippen LogP contribution in [0.4, 0.5) is 0 Å². The van der Waals surface area contributed by atoms with Crippen LogP contribution in [0.3, 0.4) is 0 Å². The van der Waals surface area contributed by atoms with Crippen molar-refractivity contribution in [1.29, 1.82) is 0 Å². The van der Waals surface area contributed by atoms with Crippen molar-refractivity contribution in [2.24, 2.45) is 0 Å². The van der Waals surface area contributed by atoms with Crippen LogP contribution in [0.2, 0.25) is 5.15 Å². The minimum Gasteiger partial charge on any atom is -0.287 e. The Kier molecular flexibility index (Phi) is 2.97. The summed E-state index contributed by atoms with van der Waals surface area (Å²) in [5.41, 5.74) is 0.